The van der Waals surface area contributed by atoms with E-state index < -0.39 is 0 Å². The minimum absolute atomic E-state index is 0.621. The minimum atomic E-state index is 0.621. The zero-order valence-corrected chi connectivity index (χ0v) is 12.7. The van der Waals surface area contributed by atoms with Crippen LogP contribution in [0.4, 0.5) is 0 Å². The minimum Gasteiger partial charge on any atom is -0.329 e. The first-order valence-corrected chi connectivity index (χ1v) is 7.91. The molecule has 2 atom stereocenters. The molecule has 2 N–H and O–H groups in total. The molecule has 18 heavy (non-hydrogen) atoms. The van der Waals surface area contributed by atoms with Gasteiger partial charge in [-0.05, 0) is 19.8 Å². The fourth-order valence-corrected chi connectivity index (χ4v) is 2.88. The summed E-state index contributed by atoms with van der Waals surface area (Å²) >= 11 is 0. The zero-order valence-electron chi connectivity index (χ0n) is 12.7. The number of piperazine rings is 1. The van der Waals surface area contributed by atoms with E-state index >= 15 is 0 Å². The highest BCUT2D eigenvalue weighted by Crippen LogP contribution is 2.14. The Bertz CT molecular complexity index is 200. The van der Waals surface area contributed by atoms with Crippen LogP contribution < -0.4 is 5.73 Å². The molecule has 0 aromatic rings. The van der Waals surface area contributed by atoms with Gasteiger partial charge in [-0.3, -0.25) is 9.80 Å². The topological polar surface area (TPSA) is 32.5 Å². The van der Waals surface area contributed by atoms with Crippen molar-refractivity contribution in [2.75, 3.05) is 32.7 Å². The quantitative estimate of drug-likeness (QED) is 0.676. The van der Waals surface area contributed by atoms with Gasteiger partial charge in [0.25, 0.3) is 0 Å². The lowest BCUT2D eigenvalue weighted by Crippen LogP contribution is -2.54. The summed E-state index contributed by atoms with van der Waals surface area (Å²) in [5.41, 5.74) is 5.95. The Kier molecular flexibility index (Phi) is 7.87. The average molecular weight is 255 g/mol. The third-order valence-electron chi connectivity index (χ3n) is 4.49. The largest absolute Gasteiger partial charge is 0.329 e. The van der Waals surface area contributed by atoms with E-state index in [1.807, 2.05) is 0 Å². The van der Waals surface area contributed by atoms with Gasteiger partial charge in [-0.1, -0.05) is 33.1 Å². The Balaban J connectivity index is 2.30. The summed E-state index contributed by atoms with van der Waals surface area (Å²) in [5, 5.41) is 0. The molecule has 0 aliphatic carbocycles. The second-order valence-corrected chi connectivity index (χ2v) is 5.71. The molecule has 1 fully saturated rings. The number of nitrogens with two attached hydrogens (primary N) is 1. The molecule has 1 heterocycles. The summed E-state index contributed by atoms with van der Waals surface area (Å²) in [6, 6.07) is 1.36. The van der Waals surface area contributed by atoms with Gasteiger partial charge in [0.2, 0.25) is 0 Å². The second-order valence-electron chi connectivity index (χ2n) is 5.71. The van der Waals surface area contributed by atoms with E-state index in [1.54, 1.807) is 0 Å². The van der Waals surface area contributed by atoms with Gasteiger partial charge in [-0.25, -0.2) is 0 Å². The van der Waals surface area contributed by atoms with Gasteiger partial charge < -0.3 is 5.73 Å². The molecule has 0 bridgehead atoms. The number of hydrogen-bond donors (Lipinski definition) is 1. The highest BCUT2D eigenvalue weighted by atomic mass is 15.3. The molecular formula is C15H33N3. The van der Waals surface area contributed by atoms with Crippen molar-refractivity contribution >= 4 is 0 Å². The van der Waals surface area contributed by atoms with Crippen LogP contribution in [0.3, 0.4) is 0 Å². The van der Waals surface area contributed by atoms with Gasteiger partial charge in [0.15, 0.2) is 0 Å². The summed E-state index contributed by atoms with van der Waals surface area (Å²) < 4.78 is 0. The molecule has 0 saturated carbocycles. The van der Waals surface area contributed by atoms with E-state index in [9.17, 15) is 0 Å². The number of rotatable bonds is 8. The second kappa shape index (κ2) is 8.89. The zero-order chi connectivity index (χ0) is 13.4. The van der Waals surface area contributed by atoms with E-state index in [-0.39, 0.29) is 0 Å². The third kappa shape index (κ3) is 4.87. The SMILES string of the molecule is CCCCCC(CN)N1CCN(C(C)CC)CC1. The molecule has 1 saturated heterocycles. The fourth-order valence-electron chi connectivity index (χ4n) is 2.88. The van der Waals surface area contributed by atoms with E-state index in [0.29, 0.717) is 6.04 Å². The summed E-state index contributed by atoms with van der Waals surface area (Å²) in [7, 11) is 0. The maximum atomic E-state index is 5.95. The van der Waals surface area contributed by atoms with Crippen molar-refractivity contribution < 1.29 is 0 Å². The third-order valence-corrected chi connectivity index (χ3v) is 4.49. The lowest BCUT2D eigenvalue weighted by atomic mass is 10.1. The molecule has 2 unspecified atom stereocenters. The van der Waals surface area contributed by atoms with Crippen LogP contribution in [0.2, 0.25) is 0 Å². The molecule has 1 rings (SSSR count). The average Bonchev–Trinajstić information content (AvgIpc) is 2.43. The van der Waals surface area contributed by atoms with E-state index in [1.165, 1.54) is 58.3 Å². The predicted molar refractivity (Wildman–Crippen MR) is 79.9 cm³/mol. The van der Waals surface area contributed by atoms with Crippen LogP contribution in [0.15, 0.2) is 0 Å². The maximum Gasteiger partial charge on any atom is 0.0219 e. The van der Waals surface area contributed by atoms with E-state index in [2.05, 4.69) is 30.6 Å². The summed E-state index contributed by atoms with van der Waals surface area (Å²) in [5.74, 6) is 0. The smallest absolute Gasteiger partial charge is 0.0219 e. The standard InChI is InChI=1S/C15H33N3/c1-4-6-7-8-15(13-16)18-11-9-17(10-12-18)14(3)5-2/h14-15H,4-13,16H2,1-3H3. The molecule has 1 aliphatic heterocycles. The number of nitrogens with zero attached hydrogens (tertiary/aromatic N) is 2. The summed E-state index contributed by atoms with van der Waals surface area (Å²) in [4.78, 5) is 5.24. The van der Waals surface area contributed by atoms with Gasteiger partial charge in [-0.15, -0.1) is 0 Å². The van der Waals surface area contributed by atoms with Gasteiger partial charge >= 0.3 is 0 Å². The molecule has 108 valence electrons. The first-order chi connectivity index (χ1) is 8.72. The molecular weight excluding hydrogens is 222 g/mol. The van der Waals surface area contributed by atoms with Crippen LogP contribution in [0.5, 0.6) is 0 Å². The van der Waals surface area contributed by atoms with Crippen LogP contribution in [-0.4, -0.2) is 54.6 Å². The van der Waals surface area contributed by atoms with Crippen molar-refractivity contribution in [1.82, 2.24) is 9.80 Å². The Morgan fingerprint density at radius 2 is 1.61 bits per heavy atom. The number of hydrogen-bond acceptors (Lipinski definition) is 3. The molecule has 1 aliphatic rings. The van der Waals surface area contributed by atoms with Crippen molar-refractivity contribution in [3.63, 3.8) is 0 Å². The molecule has 3 nitrogen and oxygen atoms in total. The predicted octanol–water partition coefficient (Wildman–Crippen LogP) is 2.31. The molecule has 0 aromatic heterocycles. The first-order valence-electron chi connectivity index (χ1n) is 7.91. The molecule has 3 heteroatoms. The highest BCUT2D eigenvalue weighted by molar-refractivity contribution is 4.81. The Hall–Kier alpha value is -0.120. The monoisotopic (exact) mass is 255 g/mol. The highest BCUT2D eigenvalue weighted by Gasteiger charge is 2.24. The van der Waals surface area contributed by atoms with Gasteiger partial charge in [0.1, 0.15) is 0 Å². The Labute approximate surface area is 114 Å². The van der Waals surface area contributed by atoms with Crippen molar-refractivity contribution in [3.05, 3.63) is 0 Å². The van der Waals surface area contributed by atoms with Crippen LogP contribution in [0.1, 0.15) is 52.9 Å². The molecule has 0 radical (unpaired) electrons. The van der Waals surface area contributed by atoms with Crippen molar-refractivity contribution in [2.24, 2.45) is 5.73 Å². The van der Waals surface area contributed by atoms with Crippen molar-refractivity contribution in [1.29, 1.82) is 0 Å². The van der Waals surface area contributed by atoms with Crippen LogP contribution in [-0.2, 0) is 0 Å². The number of unbranched alkanes of at least 4 members (excludes halogenated alkanes) is 2. The summed E-state index contributed by atoms with van der Waals surface area (Å²) in [6.07, 6.45) is 6.54. The molecule has 0 aromatic carbocycles. The van der Waals surface area contributed by atoms with Crippen molar-refractivity contribution in [2.45, 2.75) is 65.0 Å². The van der Waals surface area contributed by atoms with Crippen molar-refractivity contribution in [3.8, 4) is 0 Å². The summed E-state index contributed by atoms with van der Waals surface area (Å²) in [6.45, 7) is 12.6. The van der Waals surface area contributed by atoms with Crippen LogP contribution in [0, 0.1) is 0 Å². The molecule has 0 amide bonds. The van der Waals surface area contributed by atoms with Gasteiger partial charge in [-0.2, -0.15) is 0 Å². The van der Waals surface area contributed by atoms with E-state index in [0.717, 1.165) is 12.6 Å². The van der Waals surface area contributed by atoms with E-state index in [4.69, 9.17) is 5.73 Å². The Morgan fingerprint density at radius 1 is 1.00 bits per heavy atom. The first kappa shape index (κ1) is 15.9. The molecule has 0 spiro atoms. The lowest BCUT2D eigenvalue weighted by Gasteiger charge is -2.41. The normalized spacial score (nSPS) is 22.0. The Morgan fingerprint density at radius 3 is 2.11 bits per heavy atom. The van der Waals surface area contributed by atoms with Gasteiger partial charge in [0.05, 0.1) is 0 Å². The van der Waals surface area contributed by atoms with Crippen LogP contribution >= 0.6 is 0 Å². The fraction of sp³-hybridized carbons (Fsp3) is 1.00. The van der Waals surface area contributed by atoms with Gasteiger partial charge in [0, 0.05) is 44.8 Å². The maximum absolute atomic E-state index is 5.95. The lowest BCUT2D eigenvalue weighted by molar-refractivity contribution is 0.0710. The van der Waals surface area contributed by atoms with Crippen LogP contribution in [0.25, 0.3) is 0 Å².